The highest BCUT2D eigenvalue weighted by Crippen LogP contribution is 2.28. The molecule has 3 amide bonds. The second-order valence-corrected chi connectivity index (χ2v) is 5.91. The first-order valence-electron chi connectivity index (χ1n) is 7.60. The van der Waals surface area contributed by atoms with Crippen LogP contribution in [0.2, 0.25) is 0 Å². The number of carbonyl (C=O) groups is 2. The van der Waals surface area contributed by atoms with E-state index in [1.807, 2.05) is 6.92 Å². The second-order valence-electron chi connectivity index (χ2n) is 5.91. The summed E-state index contributed by atoms with van der Waals surface area (Å²) >= 11 is 0. The number of piperidine rings is 1. The summed E-state index contributed by atoms with van der Waals surface area (Å²) in [5, 5.41) is 8.36. The maximum absolute atomic E-state index is 11.9. The average Bonchev–Trinajstić information content (AvgIpc) is 3.29. The van der Waals surface area contributed by atoms with Crippen molar-refractivity contribution in [2.45, 2.75) is 44.7 Å². The van der Waals surface area contributed by atoms with E-state index in [0.29, 0.717) is 6.04 Å². The van der Waals surface area contributed by atoms with Crippen LogP contribution in [-0.4, -0.2) is 55.6 Å². The minimum Gasteiger partial charge on any atom is -0.341 e. The van der Waals surface area contributed by atoms with Crippen LogP contribution in [-0.2, 0) is 4.79 Å². The van der Waals surface area contributed by atoms with Gasteiger partial charge in [0.2, 0.25) is 5.91 Å². The van der Waals surface area contributed by atoms with Crippen LogP contribution in [0.1, 0.15) is 32.6 Å². The summed E-state index contributed by atoms with van der Waals surface area (Å²) in [6.45, 7) is 4.82. The largest absolute Gasteiger partial charge is 0.341 e. The molecule has 1 aliphatic carbocycles. The lowest BCUT2D eigenvalue weighted by molar-refractivity contribution is -0.125. The molecule has 1 unspecified atom stereocenters. The first kappa shape index (κ1) is 18.2. The highest BCUT2D eigenvalue weighted by atomic mass is 35.5. The van der Waals surface area contributed by atoms with Crippen molar-refractivity contribution in [3.8, 4) is 0 Å². The molecule has 0 aromatic rings. The minimum atomic E-state index is -0.442. The molecule has 6 nitrogen and oxygen atoms in total. The van der Waals surface area contributed by atoms with E-state index in [1.54, 1.807) is 0 Å². The number of carbonyl (C=O) groups excluding carboxylic acids is 2. The van der Waals surface area contributed by atoms with Crippen molar-refractivity contribution in [1.82, 2.24) is 20.9 Å². The van der Waals surface area contributed by atoms with Crippen LogP contribution in [0.3, 0.4) is 0 Å². The number of hydrogen-bond acceptors (Lipinski definition) is 4. The van der Waals surface area contributed by atoms with Gasteiger partial charge in [0.1, 0.15) is 0 Å². The first-order valence-corrected chi connectivity index (χ1v) is 7.60. The monoisotopic (exact) mass is 318 g/mol. The predicted molar refractivity (Wildman–Crippen MR) is 84.6 cm³/mol. The van der Waals surface area contributed by atoms with Gasteiger partial charge in [-0.3, -0.25) is 15.0 Å². The normalized spacial score (nSPS) is 21.2. The Morgan fingerprint density at radius 2 is 1.81 bits per heavy atom. The Labute approximate surface area is 132 Å². The van der Waals surface area contributed by atoms with Crippen LogP contribution < -0.4 is 16.0 Å². The van der Waals surface area contributed by atoms with E-state index in [-0.39, 0.29) is 24.4 Å². The maximum Gasteiger partial charge on any atom is 0.321 e. The molecule has 0 spiro atoms. The zero-order valence-corrected chi connectivity index (χ0v) is 13.7. The van der Waals surface area contributed by atoms with Crippen molar-refractivity contribution in [2.24, 2.45) is 5.92 Å². The quantitative estimate of drug-likeness (QED) is 0.698. The molecule has 0 aromatic carbocycles. The summed E-state index contributed by atoms with van der Waals surface area (Å²) in [7, 11) is 1.50. The molecular formula is C14H27ClN4O2. The molecule has 1 saturated carbocycles. The molecular weight excluding hydrogens is 292 g/mol. The van der Waals surface area contributed by atoms with Crippen LogP contribution in [0.15, 0.2) is 0 Å². The Kier molecular flexibility index (Phi) is 7.42. The minimum absolute atomic E-state index is 0. The fourth-order valence-electron chi connectivity index (χ4n) is 2.59. The van der Waals surface area contributed by atoms with E-state index in [4.69, 9.17) is 0 Å². The van der Waals surface area contributed by atoms with Gasteiger partial charge < -0.3 is 10.6 Å². The van der Waals surface area contributed by atoms with E-state index in [0.717, 1.165) is 38.4 Å². The van der Waals surface area contributed by atoms with Gasteiger partial charge in [-0.1, -0.05) is 0 Å². The summed E-state index contributed by atoms with van der Waals surface area (Å²) in [5.41, 5.74) is 0. The highest BCUT2D eigenvalue weighted by Gasteiger charge is 2.28. The van der Waals surface area contributed by atoms with E-state index < -0.39 is 6.03 Å². The van der Waals surface area contributed by atoms with Crippen LogP contribution in [0.4, 0.5) is 4.79 Å². The van der Waals surface area contributed by atoms with Crippen LogP contribution in [0, 0.1) is 5.92 Å². The third kappa shape index (κ3) is 5.80. The van der Waals surface area contributed by atoms with Gasteiger partial charge >= 0.3 is 6.03 Å². The van der Waals surface area contributed by atoms with E-state index in [9.17, 15) is 9.59 Å². The van der Waals surface area contributed by atoms with Crippen LogP contribution in [0.5, 0.6) is 0 Å². The molecule has 1 saturated heterocycles. The predicted octanol–water partition coefficient (Wildman–Crippen LogP) is 0.716. The summed E-state index contributed by atoms with van der Waals surface area (Å²) in [6.07, 6.45) is 4.90. The summed E-state index contributed by atoms with van der Waals surface area (Å²) < 4.78 is 0. The Morgan fingerprint density at radius 1 is 1.19 bits per heavy atom. The molecule has 2 fully saturated rings. The fraction of sp³-hybridized carbons (Fsp3) is 0.857. The molecule has 1 heterocycles. The number of hydrogen-bond donors (Lipinski definition) is 3. The number of rotatable bonds is 5. The molecule has 0 bridgehead atoms. The molecule has 2 aliphatic rings. The van der Waals surface area contributed by atoms with Crippen molar-refractivity contribution < 1.29 is 9.59 Å². The fourth-order valence-corrected chi connectivity index (χ4v) is 2.59. The van der Waals surface area contributed by atoms with E-state index in [1.165, 1.54) is 19.9 Å². The smallest absolute Gasteiger partial charge is 0.321 e. The summed E-state index contributed by atoms with van der Waals surface area (Å²) in [4.78, 5) is 25.2. The Morgan fingerprint density at radius 3 is 2.33 bits per heavy atom. The van der Waals surface area contributed by atoms with E-state index in [2.05, 4.69) is 20.9 Å². The number of halogens is 1. The zero-order chi connectivity index (χ0) is 14.5. The van der Waals surface area contributed by atoms with Gasteiger partial charge in [-0.05, 0) is 45.1 Å². The highest BCUT2D eigenvalue weighted by molar-refractivity contribution is 5.96. The number of nitrogens with one attached hydrogen (secondary N) is 3. The van der Waals surface area contributed by atoms with Crippen molar-refractivity contribution in [2.75, 3.05) is 26.7 Å². The standard InChI is InChI=1S/C14H26N4O2.ClH/c1-10(13(19)17-14(20)15-2)18-7-5-12(6-8-18)16-9-11-3-4-11;/h10-12,16H,3-9H2,1-2H3,(H2,15,17,19,20);1H. The van der Waals surface area contributed by atoms with Crippen molar-refractivity contribution >= 4 is 24.3 Å². The van der Waals surface area contributed by atoms with E-state index >= 15 is 0 Å². The molecule has 0 aromatic heterocycles. The molecule has 0 radical (unpaired) electrons. The SMILES string of the molecule is CNC(=O)NC(=O)C(C)N1CCC(NCC2CC2)CC1.Cl. The van der Waals surface area contributed by atoms with Gasteiger partial charge in [0.25, 0.3) is 0 Å². The van der Waals surface area contributed by atoms with Gasteiger partial charge in [0.15, 0.2) is 0 Å². The summed E-state index contributed by atoms with van der Waals surface area (Å²) in [6, 6.07) is -0.111. The second kappa shape index (κ2) is 8.56. The lowest BCUT2D eigenvalue weighted by Crippen LogP contribution is -2.53. The number of nitrogens with zero attached hydrogens (tertiary/aromatic N) is 1. The Balaban J connectivity index is 0.00000220. The zero-order valence-electron chi connectivity index (χ0n) is 12.9. The third-order valence-electron chi connectivity index (χ3n) is 4.31. The van der Waals surface area contributed by atoms with Gasteiger partial charge in [0, 0.05) is 26.2 Å². The molecule has 21 heavy (non-hydrogen) atoms. The molecule has 122 valence electrons. The lowest BCUT2D eigenvalue weighted by atomic mass is 10.0. The summed E-state index contributed by atoms with van der Waals surface area (Å²) in [5.74, 6) is 0.680. The third-order valence-corrected chi connectivity index (χ3v) is 4.31. The Hall–Kier alpha value is -0.850. The van der Waals surface area contributed by atoms with Crippen molar-refractivity contribution in [3.05, 3.63) is 0 Å². The van der Waals surface area contributed by atoms with Crippen LogP contribution in [0.25, 0.3) is 0 Å². The molecule has 2 rings (SSSR count). The van der Waals surface area contributed by atoms with Gasteiger partial charge in [-0.2, -0.15) is 0 Å². The number of imide groups is 1. The molecule has 1 aliphatic heterocycles. The van der Waals surface area contributed by atoms with Gasteiger partial charge in [-0.15, -0.1) is 12.4 Å². The topological polar surface area (TPSA) is 73.5 Å². The first-order chi connectivity index (χ1) is 9.60. The lowest BCUT2D eigenvalue weighted by Gasteiger charge is -2.35. The van der Waals surface area contributed by atoms with Crippen molar-refractivity contribution in [1.29, 1.82) is 0 Å². The number of amides is 3. The molecule has 3 N–H and O–H groups in total. The maximum atomic E-state index is 11.9. The number of likely N-dealkylation sites (tertiary alicyclic amines) is 1. The average molecular weight is 319 g/mol. The molecule has 1 atom stereocenters. The van der Waals surface area contributed by atoms with Crippen LogP contribution >= 0.6 is 12.4 Å². The van der Waals surface area contributed by atoms with Gasteiger partial charge in [0.05, 0.1) is 6.04 Å². The number of urea groups is 1. The molecule has 7 heteroatoms. The van der Waals surface area contributed by atoms with Crippen molar-refractivity contribution in [3.63, 3.8) is 0 Å². The Bertz CT molecular complexity index is 355. The van der Waals surface area contributed by atoms with Gasteiger partial charge in [-0.25, -0.2) is 4.79 Å².